The van der Waals surface area contributed by atoms with Crippen LogP contribution in [-0.2, 0) is 0 Å². The Bertz CT molecular complexity index is 708. The van der Waals surface area contributed by atoms with Crippen molar-refractivity contribution in [1.29, 1.82) is 0 Å². The summed E-state index contributed by atoms with van der Waals surface area (Å²) in [6.07, 6.45) is 2.49. The molecular formula is C17H24FN7. The van der Waals surface area contributed by atoms with Gasteiger partial charge in [-0.25, -0.2) is 9.37 Å². The van der Waals surface area contributed by atoms with E-state index in [0.717, 1.165) is 18.8 Å². The Kier molecular flexibility index (Phi) is 4.96. The summed E-state index contributed by atoms with van der Waals surface area (Å²) in [6, 6.07) is 3.18. The molecule has 1 aliphatic heterocycles. The summed E-state index contributed by atoms with van der Waals surface area (Å²) in [5.74, 6) is 2.28. The van der Waals surface area contributed by atoms with Crippen LogP contribution < -0.4 is 15.1 Å². The van der Waals surface area contributed by atoms with Gasteiger partial charge in [-0.05, 0) is 18.6 Å². The molecule has 3 rings (SSSR count). The van der Waals surface area contributed by atoms with Gasteiger partial charge in [0.15, 0.2) is 11.6 Å². The molecule has 2 aromatic heterocycles. The quantitative estimate of drug-likeness (QED) is 0.891. The van der Waals surface area contributed by atoms with Gasteiger partial charge in [-0.3, -0.25) is 0 Å². The maximum atomic E-state index is 13.9. The predicted molar refractivity (Wildman–Crippen MR) is 96.7 cm³/mol. The maximum Gasteiger partial charge on any atom is 0.229 e. The lowest BCUT2D eigenvalue weighted by Crippen LogP contribution is -2.28. The lowest BCUT2D eigenvalue weighted by atomic mass is 10.2. The van der Waals surface area contributed by atoms with Gasteiger partial charge >= 0.3 is 0 Å². The van der Waals surface area contributed by atoms with Crippen molar-refractivity contribution in [2.24, 2.45) is 0 Å². The smallest absolute Gasteiger partial charge is 0.229 e. The van der Waals surface area contributed by atoms with Gasteiger partial charge in [-0.2, -0.15) is 15.0 Å². The number of hydrogen-bond donors (Lipinski definition) is 1. The Morgan fingerprint density at radius 3 is 2.76 bits per heavy atom. The fourth-order valence-corrected chi connectivity index (χ4v) is 2.77. The molecule has 2 aromatic rings. The molecule has 134 valence electrons. The Hall–Kier alpha value is -2.51. The molecule has 25 heavy (non-hydrogen) atoms. The normalized spacial score (nSPS) is 17.2. The van der Waals surface area contributed by atoms with E-state index in [2.05, 4.69) is 39.1 Å². The van der Waals surface area contributed by atoms with E-state index in [9.17, 15) is 4.39 Å². The number of hydrogen-bond acceptors (Lipinski definition) is 7. The van der Waals surface area contributed by atoms with Crippen molar-refractivity contribution >= 4 is 17.7 Å². The average Bonchev–Trinajstić information content (AvgIpc) is 3.03. The van der Waals surface area contributed by atoms with E-state index in [1.807, 2.05) is 23.9 Å². The van der Waals surface area contributed by atoms with Crippen molar-refractivity contribution in [1.82, 2.24) is 19.9 Å². The van der Waals surface area contributed by atoms with Gasteiger partial charge in [0.25, 0.3) is 0 Å². The van der Waals surface area contributed by atoms with Crippen molar-refractivity contribution in [3.8, 4) is 0 Å². The largest absolute Gasteiger partial charge is 0.352 e. The summed E-state index contributed by atoms with van der Waals surface area (Å²) in [5.41, 5.74) is 0. The van der Waals surface area contributed by atoms with Crippen LogP contribution in [0.5, 0.6) is 0 Å². The van der Waals surface area contributed by atoms with Crippen molar-refractivity contribution in [3.05, 3.63) is 30.0 Å². The number of rotatable bonds is 5. The molecule has 0 radical (unpaired) electrons. The third-order valence-electron chi connectivity index (χ3n) is 4.12. The molecule has 1 aliphatic rings. The van der Waals surface area contributed by atoms with Crippen LogP contribution in [0.1, 0.15) is 32.0 Å². The third-order valence-corrected chi connectivity index (χ3v) is 4.12. The minimum absolute atomic E-state index is 0.138. The van der Waals surface area contributed by atoms with Gasteiger partial charge in [0.2, 0.25) is 11.9 Å². The first-order valence-corrected chi connectivity index (χ1v) is 8.49. The highest BCUT2D eigenvalue weighted by Gasteiger charge is 2.26. The molecule has 0 amide bonds. The summed E-state index contributed by atoms with van der Waals surface area (Å²) >= 11 is 0. The summed E-state index contributed by atoms with van der Waals surface area (Å²) in [6.45, 7) is 5.52. The van der Waals surface area contributed by atoms with E-state index < -0.39 is 0 Å². The van der Waals surface area contributed by atoms with E-state index in [-0.39, 0.29) is 17.8 Å². The Balaban J connectivity index is 1.74. The van der Waals surface area contributed by atoms with Gasteiger partial charge in [0, 0.05) is 45.3 Å². The molecule has 0 aromatic carbocycles. The Morgan fingerprint density at radius 1 is 1.28 bits per heavy atom. The lowest BCUT2D eigenvalue weighted by Gasteiger charge is -2.19. The van der Waals surface area contributed by atoms with Crippen molar-refractivity contribution < 1.29 is 4.39 Å². The average molecular weight is 345 g/mol. The van der Waals surface area contributed by atoms with E-state index in [1.165, 1.54) is 6.07 Å². The lowest BCUT2D eigenvalue weighted by molar-refractivity contribution is 0.615. The molecule has 1 fully saturated rings. The highest BCUT2D eigenvalue weighted by atomic mass is 19.1. The zero-order valence-corrected chi connectivity index (χ0v) is 15.1. The van der Waals surface area contributed by atoms with Gasteiger partial charge in [0.05, 0.1) is 0 Å². The highest BCUT2D eigenvalue weighted by molar-refractivity contribution is 5.43. The number of halogens is 1. The van der Waals surface area contributed by atoms with E-state index >= 15 is 0 Å². The fourth-order valence-electron chi connectivity index (χ4n) is 2.77. The summed E-state index contributed by atoms with van der Waals surface area (Å²) < 4.78 is 13.9. The molecule has 3 heterocycles. The molecule has 1 atom stereocenters. The number of aromatic nitrogens is 4. The van der Waals surface area contributed by atoms with Crippen molar-refractivity contribution in [2.75, 3.05) is 42.3 Å². The van der Waals surface area contributed by atoms with Crippen LogP contribution >= 0.6 is 0 Å². The molecule has 7 nitrogen and oxygen atoms in total. The minimum atomic E-state index is -0.291. The number of nitrogens with one attached hydrogen (secondary N) is 1. The molecule has 0 saturated carbocycles. The maximum absolute atomic E-state index is 13.9. The molecule has 1 saturated heterocycles. The Labute approximate surface area is 147 Å². The number of pyridine rings is 1. The zero-order chi connectivity index (χ0) is 18.0. The van der Waals surface area contributed by atoms with Crippen molar-refractivity contribution in [3.63, 3.8) is 0 Å². The first-order chi connectivity index (χ1) is 11.9. The SMILES string of the molecule is CC(C)c1nc(NC2CCN(c3ncccc3F)C2)nc(N(C)C)n1. The Morgan fingerprint density at radius 2 is 2.08 bits per heavy atom. The second kappa shape index (κ2) is 7.16. The first-order valence-electron chi connectivity index (χ1n) is 8.49. The van der Waals surface area contributed by atoms with Crippen LogP contribution in [0.4, 0.5) is 22.1 Å². The zero-order valence-electron chi connectivity index (χ0n) is 15.1. The summed E-state index contributed by atoms with van der Waals surface area (Å²) in [5, 5.41) is 3.37. The van der Waals surface area contributed by atoms with Crippen LogP contribution in [0.25, 0.3) is 0 Å². The standard InChI is InChI=1S/C17H24FN7/c1-11(2)14-21-16(23-17(22-14)24(3)4)20-12-7-9-25(10-12)15-13(18)6-5-8-19-15/h5-6,8,11-12H,7,9-10H2,1-4H3,(H,20,21,22,23). The summed E-state index contributed by atoms with van der Waals surface area (Å²) in [4.78, 5) is 21.4. The molecular weight excluding hydrogens is 321 g/mol. The monoisotopic (exact) mass is 345 g/mol. The summed E-state index contributed by atoms with van der Waals surface area (Å²) in [7, 11) is 3.81. The van der Waals surface area contributed by atoms with E-state index in [1.54, 1.807) is 12.3 Å². The fraction of sp³-hybridized carbons (Fsp3) is 0.529. The molecule has 8 heteroatoms. The van der Waals surface area contributed by atoms with Crippen LogP contribution in [0, 0.1) is 5.82 Å². The van der Waals surface area contributed by atoms with Gasteiger partial charge in [-0.15, -0.1) is 0 Å². The minimum Gasteiger partial charge on any atom is -0.352 e. The van der Waals surface area contributed by atoms with E-state index in [0.29, 0.717) is 24.3 Å². The number of anilines is 3. The second-order valence-electron chi connectivity index (χ2n) is 6.75. The highest BCUT2D eigenvalue weighted by Crippen LogP contribution is 2.23. The topological polar surface area (TPSA) is 70.1 Å². The van der Waals surface area contributed by atoms with Gasteiger partial charge in [-0.1, -0.05) is 13.8 Å². The molecule has 1 N–H and O–H groups in total. The predicted octanol–water partition coefficient (Wildman–Crippen LogP) is 2.29. The third kappa shape index (κ3) is 3.94. The van der Waals surface area contributed by atoms with Crippen LogP contribution in [0.15, 0.2) is 18.3 Å². The molecule has 0 bridgehead atoms. The molecule has 1 unspecified atom stereocenters. The second-order valence-corrected chi connectivity index (χ2v) is 6.75. The molecule has 0 spiro atoms. The van der Waals surface area contributed by atoms with Crippen LogP contribution in [0.2, 0.25) is 0 Å². The van der Waals surface area contributed by atoms with Crippen LogP contribution in [-0.4, -0.2) is 53.2 Å². The van der Waals surface area contributed by atoms with Crippen molar-refractivity contribution in [2.45, 2.75) is 32.2 Å². The first kappa shape index (κ1) is 17.3. The van der Waals surface area contributed by atoms with E-state index in [4.69, 9.17) is 0 Å². The van der Waals surface area contributed by atoms with Crippen LogP contribution in [0.3, 0.4) is 0 Å². The van der Waals surface area contributed by atoms with Gasteiger partial charge in [0.1, 0.15) is 5.82 Å². The number of nitrogens with zero attached hydrogens (tertiary/aromatic N) is 6. The molecule has 0 aliphatic carbocycles. The van der Waals surface area contributed by atoms with Gasteiger partial charge < -0.3 is 15.1 Å².